The largest absolute Gasteiger partial charge is 0.460 e. The molecule has 236 valence electrons. The Labute approximate surface area is 248 Å². The molecule has 40 heavy (non-hydrogen) atoms. The minimum Gasteiger partial charge on any atom is -0.460 e. The van der Waals surface area contributed by atoms with Crippen molar-refractivity contribution in [3.8, 4) is 0 Å². The Morgan fingerprint density at radius 1 is 0.800 bits per heavy atom. The third-order valence-electron chi connectivity index (χ3n) is 7.65. The smallest absolute Gasteiger partial charge is 0.306 e. The molecule has 0 fully saturated rings. The minimum absolute atomic E-state index is 0.133. The summed E-state index contributed by atoms with van der Waals surface area (Å²) in [4.78, 5) is 23.9. The van der Waals surface area contributed by atoms with Crippen LogP contribution in [0, 0.1) is 0 Å². The molecule has 0 rings (SSSR count). The van der Waals surface area contributed by atoms with Gasteiger partial charge in [-0.3, -0.25) is 9.59 Å². The first-order chi connectivity index (χ1) is 18.6. The van der Waals surface area contributed by atoms with Crippen LogP contribution in [0.5, 0.6) is 0 Å². The van der Waals surface area contributed by atoms with E-state index in [9.17, 15) is 14.7 Å². The van der Waals surface area contributed by atoms with E-state index in [4.69, 9.17) is 13.9 Å². The minimum atomic E-state index is -2.25. The highest BCUT2D eigenvalue weighted by molar-refractivity contribution is 6.77. The van der Waals surface area contributed by atoms with Crippen molar-refractivity contribution in [2.75, 3.05) is 0 Å². The average Bonchev–Trinajstić information content (AvgIpc) is 2.81. The molecule has 1 N–H and O–H groups in total. The lowest BCUT2D eigenvalue weighted by molar-refractivity contribution is -0.155. The summed E-state index contributed by atoms with van der Waals surface area (Å²) in [6, 6.07) is 0. The van der Waals surface area contributed by atoms with E-state index in [1.807, 2.05) is 32.9 Å². The number of hydrogen-bond donors (Lipinski definition) is 1. The van der Waals surface area contributed by atoms with Crippen LogP contribution in [-0.4, -0.2) is 49.3 Å². The van der Waals surface area contributed by atoms with Crippen LogP contribution in [0.1, 0.15) is 147 Å². The highest BCUT2D eigenvalue weighted by atomic mass is 28.4. The highest BCUT2D eigenvalue weighted by Gasteiger charge is 2.47. The SMILES string of the molecule is CCCCC[C@H](OC(C)=O)[C@@H](/C=C/[C@@H](O)CCCCCCCC(=O)OC(C)(C)C)O[Si](C(C)C)(C(C)C)C(C)C. The van der Waals surface area contributed by atoms with Crippen LogP contribution in [0.3, 0.4) is 0 Å². The first kappa shape index (κ1) is 38.8. The Hall–Kier alpha value is -1.18. The van der Waals surface area contributed by atoms with E-state index in [0.29, 0.717) is 29.5 Å². The fourth-order valence-electron chi connectivity index (χ4n) is 5.86. The third-order valence-corrected chi connectivity index (χ3v) is 13.7. The number of rotatable bonds is 21. The van der Waals surface area contributed by atoms with Crippen LogP contribution < -0.4 is 0 Å². The van der Waals surface area contributed by atoms with Gasteiger partial charge < -0.3 is 19.0 Å². The highest BCUT2D eigenvalue weighted by Crippen LogP contribution is 2.43. The molecule has 0 aliphatic rings. The molecule has 6 nitrogen and oxygen atoms in total. The molecule has 0 spiro atoms. The molecule has 7 heteroatoms. The number of carbonyl (C=O) groups is 2. The molecule has 0 aliphatic carbocycles. The van der Waals surface area contributed by atoms with Crippen molar-refractivity contribution >= 4 is 20.3 Å². The maximum Gasteiger partial charge on any atom is 0.306 e. The van der Waals surface area contributed by atoms with E-state index in [2.05, 4.69) is 48.5 Å². The van der Waals surface area contributed by atoms with Crippen molar-refractivity contribution in [2.45, 2.75) is 187 Å². The normalized spacial score (nSPS) is 15.2. The molecular weight excluding hydrogens is 520 g/mol. The van der Waals surface area contributed by atoms with Crippen molar-refractivity contribution < 1.29 is 28.6 Å². The van der Waals surface area contributed by atoms with Crippen LogP contribution >= 0.6 is 0 Å². The van der Waals surface area contributed by atoms with Crippen LogP contribution in [-0.2, 0) is 23.5 Å². The van der Waals surface area contributed by atoms with Gasteiger partial charge in [0.2, 0.25) is 8.32 Å². The first-order valence-corrected chi connectivity index (χ1v) is 18.1. The summed E-state index contributed by atoms with van der Waals surface area (Å²) < 4.78 is 18.3. The van der Waals surface area contributed by atoms with Gasteiger partial charge in [-0.2, -0.15) is 0 Å². The number of carbonyl (C=O) groups excluding carboxylic acids is 2. The van der Waals surface area contributed by atoms with Crippen LogP contribution in [0.2, 0.25) is 16.6 Å². The van der Waals surface area contributed by atoms with E-state index >= 15 is 0 Å². The maximum atomic E-state index is 12.1. The molecular formula is C33H64O6Si. The Balaban J connectivity index is 5.29. The molecule has 0 aromatic rings. The Morgan fingerprint density at radius 3 is 1.82 bits per heavy atom. The van der Waals surface area contributed by atoms with Gasteiger partial charge in [0.25, 0.3) is 0 Å². The van der Waals surface area contributed by atoms with Gasteiger partial charge >= 0.3 is 11.9 Å². The van der Waals surface area contributed by atoms with Crippen LogP contribution in [0.15, 0.2) is 12.2 Å². The number of ether oxygens (including phenoxy) is 2. The van der Waals surface area contributed by atoms with E-state index < -0.39 is 20.0 Å². The number of unbranched alkanes of at least 4 members (excludes halogenated alkanes) is 6. The lowest BCUT2D eigenvalue weighted by Crippen LogP contribution is -2.52. The van der Waals surface area contributed by atoms with Crippen LogP contribution in [0.25, 0.3) is 0 Å². The zero-order chi connectivity index (χ0) is 30.9. The van der Waals surface area contributed by atoms with E-state index in [0.717, 1.165) is 57.8 Å². The summed E-state index contributed by atoms with van der Waals surface area (Å²) in [6.07, 6.45) is 12.3. The maximum absolute atomic E-state index is 12.1. The summed E-state index contributed by atoms with van der Waals surface area (Å²) in [5.74, 6) is -0.423. The topological polar surface area (TPSA) is 82.1 Å². The van der Waals surface area contributed by atoms with Gasteiger partial charge in [-0.15, -0.1) is 0 Å². The number of aliphatic hydroxyl groups is 1. The second kappa shape index (κ2) is 19.9. The van der Waals surface area contributed by atoms with Crippen molar-refractivity contribution in [1.29, 1.82) is 0 Å². The Bertz CT molecular complexity index is 703. The molecule has 0 aromatic carbocycles. The molecule has 0 heterocycles. The predicted octanol–water partition coefficient (Wildman–Crippen LogP) is 9.05. The summed E-state index contributed by atoms with van der Waals surface area (Å²) in [7, 11) is -2.25. The second-order valence-corrected chi connectivity index (χ2v) is 18.8. The summed E-state index contributed by atoms with van der Waals surface area (Å²) in [6.45, 7) is 22.8. The zero-order valence-corrected chi connectivity index (χ0v) is 28.9. The van der Waals surface area contributed by atoms with E-state index in [1.165, 1.54) is 6.92 Å². The van der Waals surface area contributed by atoms with Crippen LogP contribution in [0.4, 0.5) is 0 Å². The molecule has 0 aromatic heterocycles. The first-order valence-electron chi connectivity index (χ1n) is 16.0. The van der Waals surface area contributed by atoms with Gasteiger partial charge in [0.05, 0.1) is 6.10 Å². The van der Waals surface area contributed by atoms with Gasteiger partial charge in [0.1, 0.15) is 17.8 Å². The molecule has 3 atom stereocenters. The summed E-state index contributed by atoms with van der Waals surface area (Å²) >= 11 is 0. The van der Waals surface area contributed by atoms with Gasteiger partial charge in [0, 0.05) is 13.3 Å². The molecule has 0 bridgehead atoms. The molecule has 0 unspecified atom stereocenters. The van der Waals surface area contributed by atoms with Crippen molar-refractivity contribution in [2.24, 2.45) is 0 Å². The van der Waals surface area contributed by atoms with E-state index in [-0.39, 0.29) is 24.1 Å². The number of aliphatic hydroxyl groups excluding tert-OH is 1. The molecule has 0 saturated heterocycles. The zero-order valence-electron chi connectivity index (χ0n) is 27.9. The lowest BCUT2D eigenvalue weighted by atomic mass is 10.0. The second-order valence-electron chi connectivity index (χ2n) is 13.4. The monoisotopic (exact) mass is 584 g/mol. The quantitative estimate of drug-likeness (QED) is 0.0627. The standard InChI is InChI=1S/C33H64O6Si/c1-12-13-17-21-30(37-28(8)34)31(39-40(25(2)3,26(4)5)27(6)7)24-23-29(35)20-18-15-14-16-19-22-32(36)38-33(9,10)11/h23-27,29-31,35H,12-22H2,1-11H3/b24-23+/t29-,30-,31+/m0/s1. The summed E-state index contributed by atoms with van der Waals surface area (Å²) in [5, 5.41) is 10.8. The third kappa shape index (κ3) is 15.7. The fourth-order valence-corrected chi connectivity index (χ4v) is 11.4. The molecule has 0 amide bonds. The van der Waals surface area contributed by atoms with Crippen molar-refractivity contribution in [3.63, 3.8) is 0 Å². The van der Waals surface area contributed by atoms with E-state index in [1.54, 1.807) is 0 Å². The summed E-state index contributed by atoms with van der Waals surface area (Å²) in [5.41, 5.74) is 0.771. The molecule has 0 saturated carbocycles. The average molecular weight is 585 g/mol. The van der Waals surface area contributed by atoms with Gasteiger partial charge in [-0.25, -0.2) is 0 Å². The molecule has 0 aliphatic heterocycles. The van der Waals surface area contributed by atoms with Gasteiger partial charge in [0.15, 0.2) is 0 Å². The number of hydrogen-bond acceptors (Lipinski definition) is 6. The van der Waals surface area contributed by atoms with Crippen molar-refractivity contribution in [3.05, 3.63) is 12.2 Å². The Kier molecular flexibility index (Phi) is 19.3. The molecule has 0 radical (unpaired) electrons. The fraction of sp³-hybridized carbons (Fsp3) is 0.879. The van der Waals surface area contributed by atoms with Crippen molar-refractivity contribution in [1.82, 2.24) is 0 Å². The predicted molar refractivity (Wildman–Crippen MR) is 169 cm³/mol. The Morgan fingerprint density at radius 2 is 1.32 bits per heavy atom. The van der Waals surface area contributed by atoms with Gasteiger partial charge in [-0.1, -0.05) is 99.1 Å². The lowest BCUT2D eigenvalue weighted by Gasteiger charge is -2.45. The van der Waals surface area contributed by atoms with Gasteiger partial charge in [-0.05, 0) is 63.1 Å². The number of esters is 2.